The third-order valence-corrected chi connectivity index (χ3v) is 3.39. The van der Waals surface area contributed by atoms with Crippen molar-refractivity contribution in [2.75, 3.05) is 24.2 Å². The van der Waals surface area contributed by atoms with E-state index in [0.29, 0.717) is 12.4 Å². The molecule has 0 aliphatic rings. The van der Waals surface area contributed by atoms with Crippen molar-refractivity contribution >= 4 is 21.8 Å². The SMILES string of the molecule is CCNS(=O)(=O)CCNc1ccc(C(=O)O)nn1. The number of nitrogens with one attached hydrogen (secondary N) is 2. The van der Waals surface area contributed by atoms with E-state index < -0.39 is 16.0 Å². The highest BCUT2D eigenvalue weighted by Gasteiger charge is 2.08. The van der Waals surface area contributed by atoms with Crippen LogP contribution in [0.2, 0.25) is 0 Å². The fraction of sp³-hybridized carbons (Fsp3) is 0.444. The Hall–Kier alpha value is -1.74. The highest BCUT2D eigenvalue weighted by atomic mass is 32.2. The molecule has 3 N–H and O–H groups in total. The lowest BCUT2D eigenvalue weighted by molar-refractivity contribution is 0.0689. The Kier molecular flexibility index (Phi) is 4.98. The lowest BCUT2D eigenvalue weighted by Gasteiger charge is -2.06. The van der Waals surface area contributed by atoms with Crippen LogP contribution in [0.1, 0.15) is 17.4 Å². The Morgan fingerprint density at radius 3 is 2.61 bits per heavy atom. The zero-order chi connectivity index (χ0) is 13.6. The molecule has 0 saturated heterocycles. The van der Waals surface area contributed by atoms with Gasteiger partial charge in [0.15, 0.2) is 5.69 Å². The Morgan fingerprint density at radius 1 is 1.39 bits per heavy atom. The van der Waals surface area contributed by atoms with Gasteiger partial charge in [-0.3, -0.25) is 0 Å². The number of rotatable bonds is 7. The first-order chi connectivity index (χ1) is 8.44. The van der Waals surface area contributed by atoms with Crippen LogP contribution in [-0.4, -0.2) is 48.5 Å². The molecule has 0 radical (unpaired) electrons. The Labute approximate surface area is 104 Å². The number of hydrogen-bond acceptors (Lipinski definition) is 6. The summed E-state index contributed by atoms with van der Waals surface area (Å²) in [6.45, 7) is 2.20. The highest BCUT2D eigenvalue weighted by molar-refractivity contribution is 7.89. The molecule has 0 fully saturated rings. The molecule has 8 nitrogen and oxygen atoms in total. The molecule has 1 aromatic rings. The molecule has 0 amide bonds. The Balaban J connectivity index is 2.47. The second-order valence-electron chi connectivity index (χ2n) is 3.35. The van der Waals surface area contributed by atoms with Crippen molar-refractivity contribution in [2.45, 2.75) is 6.92 Å². The molecule has 1 heterocycles. The summed E-state index contributed by atoms with van der Waals surface area (Å²) in [5.74, 6) is -0.932. The number of hydrogen-bond donors (Lipinski definition) is 3. The van der Waals surface area contributed by atoms with Gasteiger partial charge in [-0.15, -0.1) is 10.2 Å². The molecule has 18 heavy (non-hydrogen) atoms. The highest BCUT2D eigenvalue weighted by Crippen LogP contribution is 2.01. The molecule has 0 aliphatic heterocycles. The van der Waals surface area contributed by atoms with Gasteiger partial charge in [0.1, 0.15) is 5.82 Å². The van der Waals surface area contributed by atoms with E-state index >= 15 is 0 Å². The average Bonchev–Trinajstić information content (AvgIpc) is 2.29. The molecule has 0 saturated carbocycles. The fourth-order valence-electron chi connectivity index (χ4n) is 1.15. The zero-order valence-electron chi connectivity index (χ0n) is 9.75. The van der Waals surface area contributed by atoms with Gasteiger partial charge in [-0.2, -0.15) is 0 Å². The minimum atomic E-state index is -3.28. The maximum atomic E-state index is 11.3. The molecular weight excluding hydrogens is 260 g/mol. The Morgan fingerprint density at radius 2 is 2.11 bits per heavy atom. The first-order valence-electron chi connectivity index (χ1n) is 5.23. The van der Waals surface area contributed by atoms with Gasteiger partial charge in [-0.05, 0) is 12.1 Å². The molecule has 9 heteroatoms. The number of carbonyl (C=O) groups is 1. The predicted octanol–water partition coefficient (Wildman–Crippen LogP) is -0.474. The van der Waals surface area contributed by atoms with Crippen molar-refractivity contribution in [3.63, 3.8) is 0 Å². The normalized spacial score (nSPS) is 11.2. The molecule has 0 atom stereocenters. The van der Waals surface area contributed by atoms with Gasteiger partial charge >= 0.3 is 5.97 Å². The summed E-state index contributed by atoms with van der Waals surface area (Å²) in [5, 5.41) is 18.4. The second-order valence-corrected chi connectivity index (χ2v) is 5.28. The monoisotopic (exact) mass is 274 g/mol. The van der Waals surface area contributed by atoms with Crippen LogP contribution in [0.15, 0.2) is 12.1 Å². The van der Waals surface area contributed by atoms with E-state index in [9.17, 15) is 13.2 Å². The number of aromatic carboxylic acids is 1. The summed E-state index contributed by atoms with van der Waals surface area (Å²) in [6.07, 6.45) is 0. The van der Waals surface area contributed by atoms with Crippen LogP contribution in [0, 0.1) is 0 Å². The molecular formula is C9H14N4O4S. The van der Waals surface area contributed by atoms with Gasteiger partial charge in [-0.25, -0.2) is 17.9 Å². The average molecular weight is 274 g/mol. The maximum Gasteiger partial charge on any atom is 0.356 e. The number of sulfonamides is 1. The smallest absolute Gasteiger partial charge is 0.356 e. The topological polar surface area (TPSA) is 121 Å². The molecule has 1 aromatic heterocycles. The third-order valence-electron chi connectivity index (χ3n) is 1.92. The molecule has 0 aliphatic carbocycles. The number of aromatic nitrogens is 2. The standard InChI is InChI=1S/C9H14N4O4S/c1-2-11-18(16,17)6-5-10-8-4-3-7(9(14)15)12-13-8/h3-4,11H,2,5-6H2,1H3,(H,10,13)(H,14,15). The predicted molar refractivity (Wildman–Crippen MR) is 64.9 cm³/mol. The fourth-order valence-corrected chi connectivity index (χ4v) is 2.10. The minimum absolute atomic E-state index is 0.0940. The molecule has 0 aromatic carbocycles. The lowest BCUT2D eigenvalue weighted by atomic mass is 10.4. The molecule has 1 rings (SSSR count). The maximum absolute atomic E-state index is 11.3. The van der Waals surface area contributed by atoms with E-state index in [1.165, 1.54) is 12.1 Å². The summed E-state index contributed by atoms with van der Waals surface area (Å²) in [4.78, 5) is 10.5. The van der Waals surface area contributed by atoms with E-state index in [-0.39, 0.29) is 18.0 Å². The van der Waals surface area contributed by atoms with Crippen LogP contribution < -0.4 is 10.0 Å². The van der Waals surface area contributed by atoms with E-state index in [4.69, 9.17) is 5.11 Å². The Bertz CT molecular complexity index is 500. The van der Waals surface area contributed by atoms with Gasteiger partial charge < -0.3 is 10.4 Å². The van der Waals surface area contributed by atoms with Crippen LogP contribution in [0.3, 0.4) is 0 Å². The number of carboxylic acids is 1. The number of anilines is 1. The van der Waals surface area contributed by atoms with Gasteiger partial charge in [0, 0.05) is 13.1 Å². The van der Waals surface area contributed by atoms with Crippen LogP contribution in [0.25, 0.3) is 0 Å². The van der Waals surface area contributed by atoms with Crippen molar-refractivity contribution in [1.82, 2.24) is 14.9 Å². The summed E-state index contributed by atoms with van der Waals surface area (Å²) < 4.78 is 24.9. The van der Waals surface area contributed by atoms with E-state index in [0.717, 1.165) is 0 Å². The minimum Gasteiger partial charge on any atom is -0.476 e. The number of nitrogens with zero attached hydrogens (tertiary/aromatic N) is 2. The van der Waals surface area contributed by atoms with Gasteiger partial charge in [0.2, 0.25) is 10.0 Å². The molecule has 0 unspecified atom stereocenters. The van der Waals surface area contributed by atoms with Gasteiger partial charge in [0.05, 0.1) is 5.75 Å². The summed E-state index contributed by atoms with van der Waals surface area (Å²) in [7, 11) is -3.28. The van der Waals surface area contributed by atoms with E-state index in [1.807, 2.05) is 0 Å². The summed E-state index contributed by atoms with van der Waals surface area (Å²) in [5.41, 5.74) is -0.166. The first-order valence-corrected chi connectivity index (χ1v) is 6.88. The van der Waals surface area contributed by atoms with Crippen LogP contribution in [-0.2, 0) is 10.0 Å². The van der Waals surface area contributed by atoms with Crippen molar-refractivity contribution in [3.05, 3.63) is 17.8 Å². The van der Waals surface area contributed by atoms with Gasteiger partial charge in [0.25, 0.3) is 0 Å². The molecule has 100 valence electrons. The first kappa shape index (κ1) is 14.3. The third kappa shape index (κ3) is 4.63. The quantitative estimate of drug-likeness (QED) is 0.614. The van der Waals surface area contributed by atoms with Crippen LogP contribution in [0.4, 0.5) is 5.82 Å². The van der Waals surface area contributed by atoms with E-state index in [1.54, 1.807) is 6.92 Å². The lowest BCUT2D eigenvalue weighted by Crippen LogP contribution is -2.29. The van der Waals surface area contributed by atoms with Crippen molar-refractivity contribution in [2.24, 2.45) is 0 Å². The summed E-state index contributed by atoms with van der Waals surface area (Å²) in [6, 6.07) is 2.72. The van der Waals surface area contributed by atoms with Crippen LogP contribution >= 0.6 is 0 Å². The van der Waals surface area contributed by atoms with Gasteiger partial charge in [-0.1, -0.05) is 6.92 Å². The van der Waals surface area contributed by atoms with E-state index in [2.05, 4.69) is 20.2 Å². The number of carboxylic acid groups (broad SMARTS) is 1. The summed E-state index contributed by atoms with van der Waals surface area (Å²) >= 11 is 0. The second kappa shape index (κ2) is 6.26. The zero-order valence-corrected chi connectivity index (χ0v) is 10.6. The van der Waals surface area contributed by atoms with Crippen molar-refractivity contribution in [1.29, 1.82) is 0 Å². The molecule has 0 bridgehead atoms. The van der Waals surface area contributed by atoms with Crippen molar-refractivity contribution < 1.29 is 18.3 Å². The van der Waals surface area contributed by atoms with Crippen LogP contribution in [0.5, 0.6) is 0 Å². The van der Waals surface area contributed by atoms with Crippen molar-refractivity contribution in [3.8, 4) is 0 Å². The largest absolute Gasteiger partial charge is 0.476 e. The molecule has 0 spiro atoms.